The van der Waals surface area contributed by atoms with Crippen molar-refractivity contribution in [3.8, 4) is 17.2 Å². The molecule has 0 bridgehead atoms. The smallest absolute Gasteiger partial charge is 0.262 e. The number of hydrogen-bond acceptors (Lipinski definition) is 4. The Balaban J connectivity index is 2.42. The number of anilines is 1. The van der Waals surface area contributed by atoms with Gasteiger partial charge in [0.25, 0.3) is 5.91 Å². The van der Waals surface area contributed by atoms with Gasteiger partial charge in [0.2, 0.25) is 0 Å². The predicted octanol–water partition coefficient (Wildman–Crippen LogP) is 2.47. The molecule has 2 aromatic carbocycles. The first-order valence-electron chi connectivity index (χ1n) is 6.16. The van der Waals surface area contributed by atoms with Crippen LogP contribution in [0.2, 0.25) is 0 Å². The highest BCUT2D eigenvalue weighted by molar-refractivity contribution is 6.08. The highest BCUT2D eigenvalue weighted by Crippen LogP contribution is 2.30. The van der Waals surface area contributed by atoms with Crippen molar-refractivity contribution in [1.29, 1.82) is 0 Å². The molecule has 0 fully saturated rings. The molecule has 0 aliphatic rings. The molecule has 0 aliphatic carbocycles. The Kier molecular flexibility index (Phi) is 3.79. The topological polar surface area (TPSA) is 81.0 Å². The number of phenols is 3. The van der Waals surface area contributed by atoms with Crippen LogP contribution in [0.4, 0.5) is 5.69 Å². The van der Waals surface area contributed by atoms with Gasteiger partial charge in [-0.2, -0.15) is 0 Å². The summed E-state index contributed by atoms with van der Waals surface area (Å²) in [6.07, 6.45) is 0. The van der Waals surface area contributed by atoms with Crippen LogP contribution in [0.5, 0.6) is 17.2 Å². The van der Waals surface area contributed by atoms with E-state index in [2.05, 4.69) is 0 Å². The SMILES string of the molecule is CCN(C(=O)c1cccc(O)c1O)c1cccc(O)c1. The molecule has 0 aliphatic heterocycles. The number of phenolic OH excluding ortho intramolecular Hbond substituents is 3. The molecule has 0 saturated heterocycles. The van der Waals surface area contributed by atoms with Crippen molar-refractivity contribution in [2.75, 3.05) is 11.4 Å². The van der Waals surface area contributed by atoms with E-state index < -0.39 is 11.7 Å². The van der Waals surface area contributed by atoms with Crippen molar-refractivity contribution in [3.05, 3.63) is 48.0 Å². The van der Waals surface area contributed by atoms with Crippen molar-refractivity contribution < 1.29 is 20.1 Å². The van der Waals surface area contributed by atoms with Gasteiger partial charge in [-0.1, -0.05) is 12.1 Å². The first-order chi connectivity index (χ1) is 9.54. The average molecular weight is 273 g/mol. The first-order valence-corrected chi connectivity index (χ1v) is 6.16. The number of nitrogens with zero attached hydrogens (tertiary/aromatic N) is 1. The second-order valence-electron chi connectivity index (χ2n) is 4.24. The lowest BCUT2D eigenvalue weighted by molar-refractivity contribution is 0.0985. The average Bonchev–Trinajstić information content (AvgIpc) is 2.42. The molecule has 104 valence electrons. The van der Waals surface area contributed by atoms with Crippen molar-refractivity contribution >= 4 is 11.6 Å². The van der Waals surface area contributed by atoms with E-state index >= 15 is 0 Å². The Morgan fingerprint density at radius 1 is 1.10 bits per heavy atom. The van der Waals surface area contributed by atoms with Gasteiger partial charge in [-0.3, -0.25) is 4.79 Å². The van der Waals surface area contributed by atoms with E-state index in [1.807, 2.05) is 0 Å². The number of carbonyl (C=O) groups excluding carboxylic acids is 1. The maximum atomic E-state index is 12.4. The van der Waals surface area contributed by atoms with Gasteiger partial charge in [0, 0.05) is 18.3 Å². The summed E-state index contributed by atoms with van der Waals surface area (Å²) >= 11 is 0. The van der Waals surface area contributed by atoms with Crippen molar-refractivity contribution in [3.63, 3.8) is 0 Å². The maximum absolute atomic E-state index is 12.4. The van der Waals surface area contributed by atoms with Gasteiger partial charge in [0.05, 0.1) is 5.56 Å². The second kappa shape index (κ2) is 5.52. The lowest BCUT2D eigenvalue weighted by atomic mass is 10.1. The molecule has 20 heavy (non-hydrogen) atoms. The largest absolute Gasteiger partial charge is 0.508 e. The molecule has 0 saturated carbocycles. The molecule has 5 nitrogen and oxygen atoms in total. The standard InChI is InChI=1S/C15H15NO4/c1-2-16(10-5-3-6-11(17)9-10)15(20)12-7-4-8-13(18)14(12)19/h3-9,17-19H,2H2,1H3. The van der Waals surface area contributed by atoms with E-state index in [1.165, 1.54) is 35.2 Å². The van der Waals surface area contributed by atoms with Crippen LogP contribution in [-0.2, 0) is 0 Å². The minimum Gasteiger partial charge on any atom is -0.508 e. The molecule has 0 unspecified atom stereocenters. The van der Waals surface area contributed by atoms with Gasteiger partial charge < -0.3 is 20.2 Å². The Labute approximate surface area is 116 Å². The molecule has 0 heterocycles. The van der Waals surface area contributed by atoms with Gasteiger partial charge in [-0.05, 0) is 31.2 Å². The van der Waals surface area contributed by atoms with Crippen LogP contribution in [0.15, 0.2) is 42.5 Å². The normalized spacial score (nSPS) is 10.2. The summed E-state index contributed by atoms with van der Waals surface area (Å²) in [5.41, 5.74) is 0.524. The summed E-state index contributed by atoms with van der Waals surface area (Å²) < 4.78 is 0. The minimum absolute atomic E-state index is 0.00944. The molecule has 0 aromatic heterocycles. The van der Waals surface area contributed by atoms with Gasteiger partial charge in [-0.15, -0.1) is 0 Å². The first kappa shape index (κ1) is 13.7. The van der Waals surface area contributed by atoms with Crippen LogP contribution in [-0.4, -0.2) is 27.8 Å². The fraction of sp³-hybridized carbons (Fsp3) is 0.133. The van der Waals surface area contributed by atoms with Crippen LogP contribution in [0.25, 0.3) is 0 Å². The van der Waals surface area contributed by atoms with Crippen LogP contribution < -0.4 is 4.90 Å². The van der Waals surface area contributed by atoms with Gasteiger partial charge >= 0.3 is 0 Å². The third-order valence-electron chi connectivity index (χ3n) is 2.95. The fourth-order valence-corrected chi connectivity index (χ4v) is 1.95. The zero-order valence-electron chi connectivity index (χ0n) is 10.9. The quantitative estimate of drug-likeness (QED) is 0.750. The van der Waals surface area contributed by atoms with Crippen LogP contribution in [0.1, 0.15) is 17.3 Å². The van der Waals surface area contributed by atoms with E-state index in [0.717, 1.165) is 0 Å². The monoisotopic (exact) mass is 273 g/mol. The Morgan fingerprint density at radius 2 is 1.80 bits per heavy atom. The molecule has 1 amide bonds. The number of aromatic hydroxyl groups is 3. The van der Waals surface area contributed by atoms with Crippen molar-refractivity contribution in [1.82, 2.24) is 0 Å². The van der Waals surface area contributed by atoms with Crippen LogP contribution in [0, 0.1) is 0 Å². The van der Waals surface area contributed by atoms with Gasteiger partial charge in [0.1, 0.15) is 5.75 Å². The summed E-state index contributed by atoms with van der Waals surface area (Å²) in [6.45, 7) is 2.14. The third-order valence-corrected chi connectivity index (χ3v) is 2.95. The summed E-state index contributed by atoms with van der Waals surface area (Å²) in [6, 6.07) is 10.5. The van der Waals surface area contributed by atoms with E-state index in [1.54, 1.807) is 19.1 Å². The number of hydrogen-bond donors (Lipinski definition) is 3. The lowest BCUT2D eigenvalue weighted by Crippen LogP contribution is -2.30. The van der Waals surface area contributed by atoms with E-state index in [0.29, 0.717) is 12.2 Å². The Bertz CT molecular complexity index is 640. The minimum atomic E-state index is -0.452. The zero-order chi connectivity index (χ0) is 14.7. The van der Waals surface area contributed by atoms with Crippen LogP contribution >= 0.6 is 0 Å². The summed E-state index contributed by atoms with van der Waals surface area (Å²) in [7, 11) is 0. The molecule has 3 N–H and O–H groups in total. The zero-order valence-corrected chi connectivity index (χ0v) is 10.9. The number of amides is 1. The van der Waals surface area contributed by atoms with E-state index in [4.69, 9.17) is 0 Å². The molecular weight excluding hydrogens is 258 g/mol. The molecule has 0 radical (unpaired) electrons. The molecule has 2 rings (SSSR count). The molecule has 0 spiro atoms. The number of para-hydroxylation sites is 1. The molecule has 0 atom stereocenters. The Morgan fingerprint density at radius 3 is 2.45 bits per heavy atom. The van der Waals surface area contributed by atoms with Crippen molar-refractivity contribution in [2.45, 2.75) is 6.92 Å². The summed E-state index contributed by atoms with van der Waals surface area (Å²) in [4.78, 5) is 13.8. The molecule has 2 aromatic rings. The summed E-state index contributed by atoms with van der Waals surface area (Å²) in [5, 5.41) is 28.7. The highest BCUT2D eigenvalue weighted by Gasteiger charge is 2.20. The Hall–Kier alpha value is -2.69. The van der Waals surface area contributed by atoms with E-state index in [9.17, 15) is 20.1 Å². The predicted molar refractivity (Wildman–Crippen MR) is 75.2 cm³/mol. The number of benzene rings is 2. The lowest BCUT2D eigenvalue weighted by Gasteiger charge is -2.21. The summed E-state index contributed by atoms with van der Waals surface area (Å²) in [5.74, 6) is -1.20. The van der Waals surface area contributed by atoms with Gasteiger partial charge in [-0.25, -0.2) is 0 Å². The number of carbonyl (C=O) groups is 1. The van der Waals surface area contributed by atoms with Gasteiger partial charge in [0.15, 0.2) is 11.5 Å². The molecule has 5 heteroatoms. The van der Waals surface area contributed by atoms with E-state index in [-0.39, 0.29) is 17.1 Å². The second-order valence-corrected chi connectivity index (χ2v) is 4.24. The number of rotatable bonds is 3. The fourth-order valence-electron chi connectivity index (χ4n) is 1.95. The third kappa shape index (κ3) is 2.51. The van der Waals surface area contributed by atoms with Crippen LogP contribution in [0.3, 0.4) is 0 Å². The van der Waals surface area contributed by atoms with Crippen molar-refractivity contribution in [2.24, 2.45) is 0 Å². The maximum Gasteiger partial charge on any atom is 0.262 e. The highest BCUT2D eigenvalue weighted by atomic mass is 16.3. The molecular formula is C15H15NO4.